The molecule has 0 aliphatic heterocycles. The highest BCUT2D eigenvalue weighted by Crippen LogP contribution is 2.27. The number of terminal acetylenes is 1. The van der Waals surface area contributed by atoms with E-state index in [4.69, 9.17) is 20.6 Å². The number of aliphatic imine (C=N–C) groups is 1. The van der Waals surface area contributed by atoms with Crippen molar-refractivity contribution in [3.05, 3.63) is 23.8 Å². The van der Waals surface area contributed by atoms with E-state index in [0.717, 1.165) is 50.5 Å². The highest BCUT2D eigenvalue weighted by Gasteiger charge is 2.06. The SMILES string of the molecule is C#CCOc1cc(CNC(=NC)NCCCOCCCC)ccc1OC.I. The lowest BCUT2D eigenvalue weighted by molar-refractivity contribution is 0.129. The molecule has 0 bridgehead atoms. The van der Waals surface area contributed by atoms with Crippen LogP contribution in [0.3, 0.4) is 0 Å². The second-order valence-corrected chi connectivity index (χ2v) is 5.65. The zero-order chi connectivity index (χ0) is 19.0. The lowest BCUT2D eigenvalue weighted by Crippen LogP contribution is -2.37. The van der Waals surface area contributed by atoms with Gasteiger partial charge in [-0.3, -0.25) is 4.99 Å². The largest absolute Gasteiger partial charge is 0.493 e. The molecule has 0 aliphatic carbocycles. The average molecular weight is 489 g/mol. The number of benzene rings is 1. The van der Waals surface area contributed by atoms with Gasteiger partial charge in [0.15, 0.2) is 17.5 Å². The Morgan fingerprint density at radius 2 is 1.96 bits per heavy atom. The number of nitrogens with zero attached hydrogens (tertiary/aromatic N) is 1. The van der Waals surface area contributed by atoms with E-state index in [-0.39, 0.29) is 30.6 Å². The molecule has 0 radical (unpaired) electrons. The van der Waals surface area contributed by atoms with Gasteiger partial charge < -0.3 is 24.8 Å². The molecule has 0 aliphatic rings. The van der Waals surface area contributed by atoms with Crippen LogP contribution in [0.15, 0.2) is 23.2 Å². The van der Waals surface area contributed by atoms with Gasteiger partial charge in [-0.15, -0.1) is 30.4 Å². The lowest BCUT2D eigenvalue weighted by atomic mass is 10.2. The van der Waals surface area contributed by atoms with Gasteiger partial charge in [0, 0.05) is 33.4 Å². The Labute approximate surface area is 180 Å². The standard InChI is InChI=1S/C20H31N3O3.HI/c1-5-7-13-25-14-8-11-22-20(21-3)23-16-17-9-10-18(24-4)19(15-17)26-12-6-2;/h2,9-10,15H,5,7-8,11-14,16H2,1,3-4H3,(H2,21,22,23);1H. The molecule has 0 amide bonds. The van der Waals surface area contributed by atoms with Crippen molar-refractivity contribution in [3.8, 4) is 23.8 Å². The highest BCUT2D eigenvalue weighted by atomic mass is 127. The molecule has 0 aromatic heterocycles. The summed E-state index contributed by atoms with van der Waals surface area (Å²) in [5.41, 5.74) is 1.05. The predicted octanol–water partition coefficient (Wildman–Crippen LogP) is 3.20. The van der Waals surface area contributed by atoms with Gasteiger partial charge in [-0.05, 0) is 30.5 Å². The Morgan fingerprint density at radius 3 is 2.63 bits per heavy atom. The first-order valence-electron chi connectivity index (χ1n) is 9.00. The number of hydrogen-bond donors (Lipinski definition) is 2. The molecule has 0 heterocycles. The summed E-state index contributed by atoms with van der Waals surface area (Å²) in [4.78, 5) is 4.23. The second kappa shape index (κ2) is 16.5. The third kappa shape index (κ3) is 10.9. The number of guanidine groups is 1. The van der Waals surface area contributed by atoms with E-state index < -0.39 is 0 Å². The van der Waals surface area contributed by atoms with Crippen LogP contribution in [0.25, 0.3) is 0 Å². The van der Waals surface area contributed by atoms with E-state index in [1.807, 2.05) is 18.2 Å². The molecule has 0 unspecified atom stereocenters. The molecule has 2 N–H and O–H groups in total. The monoisotopic (exact) mass is 489 g/mol. The van der Waals surface area contributed by atoms with Crippen molar-refractivity contribution in [2.45, 2.75) is 32.7 Å². The van der Waals surface area contributed by atoms with Gasteiger partial charge in [-0.25, -0.2) is 0 Å². The smallest absolute Gasteiger partial charge is 0.191 e. The number of halogens is 1. The van der Waals surface area contributed by atoms with E-state index in [2.05, 4.69) is 28.5 Å². The van der Waals surface area contributed by atoms with Gasteiger partial charge in [-0.1, -0.05) is 25.3 Å². The number of nitrogens with one attached hydrogen (secondary N) is 2. The second-order valence-electron chi connectivity index (χ2n) is 5.65. The summed E-state index contributed by atoms with van der Waals surface area (Å²) in [6.07, 6.45) is 8.47. The first kappa shape index (κ1) is 25.3. The molecular formula is C20H32IN3O3. The quantitative estimate of drug-likeness (QED) is 0.155. The van der Waals surface area contributed by atoms with Gasteiger partial charge in [0.05, 0.1) is 7.11 Å². The fraction of sp³-hybridized carbons (Fsp3) is 0.550. The van der Waals surface area contributed by atoms with Gasteiger partial charge in [0.1, 0.15) is 6.61 Å². The molecule has 27 heavy (non-hydrogen) atoms. The van der Waals surface area contributed by atoms with Crippen LogP contribution < -0.4 is 20.1 Å². The van der Waals surface area contributed by atoms with Gasteiger partial charge in [0.25, 0.3) is 0 Å². The summed E-state index contributed by atoms with van der Waals surface area (Å²) in [5, 5.41) is 6.56. The van der Waals surface area contributed by atoms with Crippen LogP contribution in [0.1, 0.15) is 31.7 Å². The Balaban J connectivity index is 0.00000676. The zero-order valence-electron chi connectivity index (χ0n) is 16.5. The van der Waals surface area contributed by atoms with E-state index >= 15 is 0 Å². The van der Waals surface area contributed by atoms with Gasteiger partial charge >= 0.3 is 0 Å². The van der Waals surface area contributed by atoms with E-state index in [9.17, 15) is 0 Å². The number of ether oxygens (including phenoxy) is 3. The van der Waals surface area contributed by atoms with Crippen LogP contribution in [-0.2, 0) is 11.3 Å². The maximum atomic E-state index is 5.55. The number of unbranched alkanes of at least 4 members (excludes halogenated alkanes) is 1. The summed E-state index contributed by atoms with van der Waals surface area (Å²) in [5.74, 6) is 4.51. The molecule has 0 spiro atoms. The topological polar surface area (TPSA) is 64.1 Å². The van der Waals surface area contributed by atoms with Crippen molar-refractivity contribution in [1.29, 1.82) is 0 Å². The van der Waals surface area contributed by atoms with E-state index in [0.29, 0.717) is 18.0 Å². The average Bonchev–Trinajstić information content (AvgIpc) is 2.68. The highest BCUT2D eigenvalue weighted by molar-refractivity contribution is 14.0. The first-order valence-corrected chi connectivity index (χ1v) is 9.00. The van der Waals surface area contributed by atoms with Crippen molar-refractivity contribution in [2.24, 2.45) is 4.99 Å². The molecule has 1 rings (SSSR count). The van der Waals surface area contributed by atoms with Crippen LogP contribution in [0, 0.1) is 12.3 Å². The van der Waals surface area contributed by atoms with Crippen LogP contribution >= 0.6 is 24.0 Å². The Morgan fingerprint density at radius 1 is 1.19 bits per heavy atom. The molecular weight excluding hydrogens is 457 g/mol. The maximum Gasteiger partial charge on any atom is 0.191 e. The minimum atomic E-state index is 0. The predicted molar refractivity (Wildman–Crippen MR) is 121 cm³/mol. The van der Waals surface area contributed by atoms with Crippen molar-refractivity contribution in [3.63, 3.8) is 0 Å². The molecule has 7 heteroatoms. The van der Waals surface area contributed by atoms with Crippen molar-refractivity contribution in [2.75, 3.05) is 40.5 Å². The summed E-state index contributed by atoms with van der Waals surface area (Å²) in [6.45, 7) is 5.39. The molecule has 0 saturated heterocycles. The Bertz CT molecular complexity index is 588. The van der Waals surface area contributed by atoms with Crippen molar-refractivity contribution < 1.29 is 14.2 Å². The molecule has 6 nitrogen and oxygen atoms in total. The number of hydrogen-bond acceptors (Lipinski definition) is 4. The fourth-order valence-electron chi connectivity index (χ4n) is 2.20. The third-order valence-corrected chi connectivity index (χ3v) is 3.62. The Kier molecular flexibility index (Phi) is 15.5. The fourth-order valence-corrected chi connectivity index (χ4v) is 2.20. The molecule has 152 valence electrons. The van der Waals surface area contributed by atoms with Crippen molar-refractivity contribution in [1.82, 2.24) is 10.6 Å². The van der Waals surface area contributed by atoms with E-state index in [1.165, 1.54) is 0 Å². The van der Waals surface area contributed by atoms with Gasteiger partial charge in [-0.2, -0.15) is 0 Å². The zero-order valence-corrected chi connectivity index (χ0v) is 18.9. The summed E-state index contributed by atoms with van der Waals surface area (Å²) in [7, 11) is 3.36. The normalized spacial score (nSPS) is 10.5. The van der Waals surface area contributed by atoms with Crippen LogP contribution in [0.5, 0.6) is 11.5 Å². The maximum absolute atomic E-state index is 5.55. The lowest BCUT2D eigenvalue weighted by Gasteiger charge is -2.14. The summed E-state index contributed by atoms with van der Waals surface area (Å²) >= 11 is 0. The summed E-state index contributed by atoms with van der Waals surface area (Å²) < 4.78 is 16.4. The van der Waals surface area contributed by atoms with Crippen LogP contribution in [0.4, 0.5) is 0 Å². The summed E-state index contributed by atoms with van der Waals surface area (Å²) in [6, 6.07) is 5.76. The van der Waals surface area contributed by atoms with Crippen LogP contribution in [-0.4, -0.2) is 46.5 Å². The van der Waals surface area contributed by atoms with E-state index in [1.54, 1.807) is 14.2 Å². The minimum Gasteiger partial charge on any atom is -0.493 e. The third-order valence-electron chi connectivity index (χ3n) is 3.62. The van der Waals surface area contributed by atoms with Crippen LogP contribution in [0.2, 0.25) is 0 Å². The number of rotatable bonds is 12. The number of methoxy groups -OCH3 is 1. The molecule has 0 atom stereocenters. The molecule has 0 saturated carbocycles. The minimum absolute atomic E-state index is 0. The molecule has 1 aromatic rings. The molecule has 1 aromatic carbocycles. The van der Waals surface area contributed by atoms with Crippen molar-refractivity contribution >= 4 is 29.9 Å². The first-order chi connectivity index (χ1) is 12.7. The molecule has 0 fully saturated rings. The Hall–Kier alpha value is -1.66. The van der Waals surface area contributed by atoms with Gasteiger partial charge in [0.2, 0.25) is 0 Å².